The molecule has 0 saturated heterocycles. The van der Waals surface area contributed by atoms with Gasteiger partial charge >= 0.3 is 18.2 Å². The van der Waals surface area contributed by atoms with Gasteiger partial charge in [-0.2, -0.15) is 18.3 Å². The first-order valence-corrected chi connectivity index (χ1v) is 13.1. The number of fused-ring (bicyclic) bond motifs is 1. The minimum atomic E-state index is -4.62. The number of carboxylic acid groups (broad SMARTS) is 1. The highest BCUT2D eigenvalue weighted by atomic mass is 19.4. The molecule has 1 aliphatic heterocycles. The molecule has 0 saturated carbocycles. The molecule has 1 atom stereocenters. The summed E-state index contributed by atoms with van der Waals surface area (Å²) in [5.74, 6) is -1.46. The topological polar surface area (TPSA) is 114 Å². The van der Waals surface area contributed by atoms with Gasteiger partial charge in [-0.25, -0.2) is 14.3 Å². The molecule has 2 heterocycles. The third kappa shape index (κ3) is 7.01. The minimum Gasteiger partial charge on any atom is -0.487 e. The Labute approximate surface area is 240 Å². The number of halogens is 3. The summed E-state index contributed by atoms with van der Waals surface area (Å²) in [7, 11) is 1.27. The van der Waals surface area contributed by atoms with Gasteiger partial charge in [0.25, 0.3) is 0 Å². The number of benzene rings is 2. The molecule has 10 nitrogen and oxygen atoms in total. The number of anilines is 1. The largest absolute Gasteiger partial charge is 0.487 e. The molecule has 3 aromatic rings. The predicted molar refractivity (Wildman–Crippen MR) is 145 cm³/mol. The van der Waals surface area contributed by atoms with Crippen LogP contribution in [0.5, 0.6) is 5.75 Å². The van der Waals surface area contributed by atoms with Crippen molar-refractivity contribution in [2.45, 2.75) is 58.0 Å². The van der Waals surface area contributed by atoms with E-state index in [1.807, 2.05) is 0 Å². The van der Waals surface area contributed by atoms with E-state index in [4.69, 9.17) is 9.47 Å². The standard InChI is InChI=1S/C29H31F3N4O6/c1-28(2,3)42-27(40)34(4)23(26(38)39)16-25(37)35-13-12-18-14-21(10-11-22(18)35)41-17-19-15-24(29(30,31)32)36(33-19)20-8-6-5-7-9-20/h5-11,14-15,23H,12-13,16-17H2,1-4H3,(H,38,39). The van der Waals surface area contributed by atoms with Crippen molar-refractivity contribution in [3.63, 3.8) is 0 Å². The lowest BCUT2D eigenvalue weighted by Gasteiger charge is -2.29. The van der Waals surface area contributed by atoms with Crippen molar-refractivity contribution < 1.29 is 42.1 Å². The van der Waals surface area contributed by atoms with E-state index in [2.05, 4.69) is 5.10 Å². The molecular formula is C29H31F3N4O6. The smallest absolute Gasteiger partial charge is 0.433 e. The van der Waals surface area contributed by atoms with Gasteiger partial charge in [0.2, 0.25) is 5.91 Å². The van der Waals surface area contributed by atoms with Crippen LogP contribution in [0.15, 0.2) is 54.6 Å². The van der Waals surface area contributed by atoms with Crippen LogP contribution in [0.1, 0.15) is 44.1 Å². The monoisotopic (exact) mass is 588 g/mol. The van der Waals surface area contributed by atoms with Crippen LogP contribution in [0.25, 0.3) is 5.69 Å². The van der Waals surface area contributed by atoms with E-state index in [1.165, 1.54) is 24.1 Å². The number of aliphatic carboxylic acids is 1. The average Bonchev–Trinajstić information content (AvgIpc) is 3.54. The van der Waals surface area contributed by atoms with Crippen LogP contribution < -0.4 is 9.64 Å². The number of hydrogen-bond donors (Lipinski definition) is 1. The fourth-order valence-electron chi connectivity index (χ4n) is 4.48. The molecule has 0 spiro atoms. The van der Waals surface area contributed by atoms with Gasteiger partial charge in [0.1, 0.15) is 35.4 Å². The highest BCUT2D eigenvalue weighted by molar-refractivity contribution is 5.98. The van der Waals surface area contributed by atoms with Crippen molar-refractivity contribution in [1.29, 1.82) is 0 Å². The maximum atomic E-state index is 13.6. The Hall–Kier alpha value is -4.55. The summed E-state index contributed by atoms with van der Waals surface area (Å²) in [5, 5.41) is 13.8. The highest BCUT2D eigenvalue weighted by Crippen LogP contribution is 2.34. The van der Waals surface area contributed by atoms with E-state index in [-0.39, 0.29) is 24.5 Å². The van der Waals surface area contributed by atoms with Crippen LogP contribution in [-0.2, 0) is 33.5 Å². The second kappa shape index (κ2) is 11.7. The molecule has 0 radical (unpaired) electrons. The molecule has 2 amide bonds. The van der Waals surface area contributed by atoms with Crippen molar-refractivity contribution in [2.24, 2.45) is 0 Å². The zero-order valence-electron chi connectivity index (χ0n) is 23.5. The quantitative estimate of drug-likeness (QED) is 0.391. The molecule has 1 N–H and O–H groups in total. The molecule has 1 aromatic heterocycles. The number of carboxylic acids is 1. The van der Waals surface area contributed by atoms with Crippen LogP contribution >= 0.6 is 0 Å². The number of carbonyl (C=O) groups excluding carboxylic acids is 2. The summed E-state index contributed by atoms with van der Waals surface area (Å²) in [6.45, 7) is 5.01. The third-order valence-corrected chi connectivity index (χ3v) is 6.49. The van der Waals surface area contributed by atoms with E-state index in [0.29, 0.717) is 17.9 Å². The lowest BCUT2D eigenvalue weighted by Crippen LogP contribution is -2.47. The van der Waals surface area contributed by atoms with Crippen LogP contribution in [0.3, 0.4) is 0 Å². The Morgan fingerprint density at radius 1 is 1.07 bits per heavy atom. The van der Waals surface area contributed by atoms with Crippen molar-refractivity contribution in [1.82, 2.24) is 14.7 Å². The SMILES string of the molecule is CN(C(=O)OC(C)(C)C)C(CC(=O)N1CCc2cc(OCc3cc(C(F)(F)F)n(-c4ccccc4)n3)ccc21)C(=O)O. The Kier molecular flexibility index (Phi) is 8.50. The number of nitrogens with zero attached hydrogens (tertiary/aromatic N) is 4. The van der Waals surface area contributed by atoms with E-state index in [9.17, 15) is 32.7 Å². The van der Waals surface area contributed by atoms with Crippen LogP contribution in [0.4, 0.5) is 23.7 Å². The van der Waals surface area contributed by atoms with Gasteiger partial charge < -0.3 is 19.5 Å². The summed E-state index contributed by atoms with van der Waals surface area (Å²) >= 11 is 0. The molecular weight excluding hydrogens is 557 g/mol. The Bertz CT molecular complexity index is 1470. The van der Waals surface area contributed by atoms with E-state index in [0.717, 1.165) is 21.2 Å². The molecule has 0 fully saturated rings. The molecule has 42 heavy (non-hydrogen) atoms. The van der Waals surface area contributed by atoms with Gasteiger partial charge in [-0.15, -0.1) is 0 Å². The van der Waals surface area contributed by atoms with Crippen molar-refractivity contribution in [2.75, 3.05) is 18.5 Å². The summed E-state index contributed by atoms with van der Waals surface area (Å²) in [6, 6.07) is 12.4. The first-order valence-electron chi connectivity index (χ1n) is 13.1. The highest BCUT2D eigenvalue weighted by Gasteiger charge is 2.37. The van der Waals surface area contributed by atoms with Gasteiger partial charge in [0.15, 0.2) is 0 Å². The maximum absolute atomic E-state index is 13.6. The number of likely N-dealkylation sites (N-methyl/N-ethyl adjacent to an activating group) is 1. The summed E-state index contributed by atoms with van der Waals surface area (Å²) < 4.78 is 52.7. The molecule has 1 unspecified atom stereocenters. The maximum Gasteiger partial charge on any atom is 0.433 e. The fourth-order valence-corrected chi connectivity index (χ4v) is 4.48. The summed E-state index contributed by atoms with van der Waals surface area (Å²) in [4.78, 5) is 39.7. The molecule has 4 rings (SSSR count). The summed E-state index contributed by atoms with van der Waals surface area (Å²) in [6.07, 6.45) is -5.48. The molecule has 0 bridgehead atoms. The lowest BCUT2D eigenvalue weighted by molar-refractivity contribution is -0.144. The second-order valence-corrected chi connectivity index (χ2v) is 10.8. The molecule has 13 heteroatoms. The number of alkyl halides is 3. The number of aromatic nitrogens is 2. The molecule has 1 aliphatic rings. The molecule has 2 aromatic carbocycles. The van der Waals surface area contributed by atoms with Crippen LogP contribution in [-0.4, -0.2) is 63.0 Å². The minimum absolute atomic E-state index is 0.0808. The number of carbonyl (C=O) groups is 3. The van der Waals surface area contributed by atoms with Gasteiger partial charge in [-0.05, 0) is 69.2 Å². The average molecular weight is 589 g/mol. The molecule has 0 aliphatic carbocycles. The zero-order chi connectivity index (χ0) is 30.8. The van der Waals surface area contributed by atoms with Crippen molar-refractivity contribution >= 4 is 23.7 Å². The first-order chi connectivity index (χ1) is 19.6. The van der Waals surface area contributed by atoms with E-state index in [1.54, 1.807) is 57.2 Å². The van der Waals surface area contributed by atoms with Gasteiger partial charge in [-0.3, -0.25) is 9.69 Å². The lowest BCUT2D eigenvalue weighted by atomic mass is 10.1. The van der Waals surface area contributed by atoms with E-state index >= 15 is 0 Å². The second-order valence-electron chi connectivity index (χ2n) is 10.8. The Morgan fingerprint density at radius 2 is 1.76 bits per heavy atom. The van der Waals surface area contributed by atoms with Crippen molar-refractivity contribution in [3.8, 4) is 11.4 Å². The van der Waals surface area contributed by atoms with Crippen LogP contribution in [0, 0.1) is 0 Å². The predicted octanol–water partition coefficient (Wildman–Crippen LogP) is 5.07. The first kappa shape index (κ1) is 30.4. The number of para-hydroxylation sites is 1. The zero-order valence-corrected chi connectivity index (χ0v) is 23.5. The number of rotatable bonds is 8. The van der Waals surface area contributed by atoms with E-state index < -0.39 is 47.9 Å². The molecule has 224 valence electrons. The van der Waals surface area contributed by atoms with Gasteiger partial charge in [0, 0.05) is 19.3 Å². The fraction of sp³-hybridized carbons (Fsp3) is 0.379. The van der Waals surface area contributed by atoms with Gasteiger partial charge in [0.05, 0.1) is 12.1 Å². The van der Waals surface area contributed by atoms with Crippen molar-refractivity contribution in [3.05, 3.63) is 71.5 Å². The normalized spacial score (nSPS) is 13.8. The van der Waals surface area contributed by atoms with Gasteiger partial charge in [-0.1, -0.05) is 18.2 Å². The number of ether oxygens (including phenoxy) is 2. The van der Waals surface area contributed by atoms with Crippen LogP contribution in [0.2, 0.25) is 0 Å². The Morgan fingerprint density at radius 3 is 2.38 bits per heavy atom. The third-order valence-electron chi connectivity index (χ3n) is 6.49. The summed E-state index contributed by atoms with van der Waals surface area (Å²) in [5.41, 5.74) is -0.108. The number of hydrogen-bond acceptors (Lipinski definition) is 6. The Balaban J connectivity index is 1.44. The number of amides is 2.